The lowest BCUT2D eigenvalue weighted by Crippen LogP contribution is -2.06. The Morgan fingerprint density at radius 3 is 2.66 bits per heavy atom. The highest BCUT2D eigenvalue weighted by atomic mass is 35.5. The van der Waals surface area contributed by atoms with Crippen LogP contribution in [-0.4, -0.2) is 28.2 Å². The van der Waals surface area contributed by atoms with Gasteiger partial charge in [-0.15, -0.1) is 16.4 Å². The van der Waals surface area contributed by atoms with E-state index in [4.69, 9.17) is 11.6 Å². The molecule has 0 aliphatic heterocycles. The third-order valence-electron chi connectivity index (χ3n) is 5.15. The molecule has 3 heterocycles. The number of anilines is 2. The summed E-state index contributed by atoms with van der Waals surface area (Å²) in [5.74, 6) is -0.146. The van der Waals surface area contributed by atoms with Crippen LogP contribution in [0, 0.1) is 19.7 Å². The second kappa shape index (κ2) is 7.51. The van der Waals surface area contributed by atoms with Crippen molar-refractivity contribution in [1.29, 1.82) is 0 Å². The first-order chi connectivity index (χ1) is 15.3. The van der Waals surface area contributed by atoms with E-state index in [1.807, 2.05) is 19.2 Å². The summed E-state index contributed by atoms with van der Waals surface area (Å²) in [5, 5.41) is 12.7. The van der Waals surface area contributed by atoms with Crippen molar-refractivity contribution < 1.29 is 12.8 Å². The fourth-order valence-electron chi connectivity index (χ4n) is 3.29. The minimum atomic E-state index is -3.97. The molecule has 7 nitrogen and oxygen atoms in total. The molecule has 0 bridgehead atoms. The zero-order chi connectivity index (χ0) is 22.6. The number of hydrogen-bond donors (Lipinski definition) is 1. The van der Waals surface area contributed by atoms with Gasteiger partial charge < -0.3 is 5.32 Å². The lowest BCUT2D eigenvalue weighted by molar-refractivity contribution is 0.592. The van der Waals surface area contributed by atoms with Crippen LogP contribution in [0.1, 0.15) is 11.1 Å². The molecule has 162 valence electrons. The predicted octanol–water partition coefficient (Wildman–Crippen LogP) is 5.32. The fraction of sp³-hybridized carbons (Fsp3) is 0.0952. The van der Waals surface area contributed by atoms with Crippen LogP contribution in [0.25, 0.3) is 15.9 Å². The number of sulfone groups is 1. The molecule has 5 rings (SSSR count). The third kappa shape index (κ3) is 3.31. The molecule has 0 fully saturated rings. The van der Waals surface area contributed by atoms with Crippen molar-refractivity contribution in [2.45, 2.75) is 23.8 Å². The van der Waals surface area contributed by atoms with Gasteiger partial charge in [0.1, 0.15) is 5.82 Å². The number of nitrogens with one attached hydrogen (secondary N) is 1. The molecule has 0 saturated carbocycles. The van der Waals surface area contributed by atoms with Gasteiger partial charge in [-0.3, -0.25) is 0 Å². The number of fused-ring (bicyclic) bond motifs is 3. The smallest absolute Gasteiger partial charge is 0.229 e. The van der Waals surface area contributed by atoms with E-state index in [0.717, 1.165) is 15.8 Å². The zero-order valence-electron chi connectivity index (χ0n) is 16.8. The van der Waals surface area contributed by atoms with Crippen LogP contribution >= 0.6 is 22.9 Å². The second-order valence-electron chi connectivity index (χ2n) is 7.23. The molecule has 0 atom stereocenters. The molecule has 0 aliphatic carbocycles. The Morgan fingerprint density at radius 2 is 1.91 bits per heavy atom. The topological polar surface area (TPSA) is 89.2 Å². The maximum Gasteiger partial charge on any atom is 0.229 e. The van der Waals surface area contributed by atoms with Gasteiger partial charge in [-0.25, -0.2) is 17.8 Å². The third-order valence-corrected chi connectivity index (χ3v) is 8.00. The van der Waals surface area contributed by atoms with Crippen molar-refractivity contribution in [1.82, 2.24) is 19.8 Å². The molecular weight excluding hydrogens is 473 g/mol. The van der Waals surface area contributed by atoms with Crippen molar-refractivity contribution in [2.24, 2.45) is 0 Å². The number of nitrogens with zero attached hydrogens (tertiary/aromatic N) is 4. The highest BCUT2D eigenvalue weighted by molar-refractivity contribution is 7.91. The minimum Gasteiger partial charge on any atom is -0.339 e. The summed E-state index contributed by atoms with van der Waals surface area (Å²) < 4.78 is 42.4. The number of aryl methyl sites for hydroxylation is 2. The summed E-state index contributed by atoms with van der Waals surface area (Å²) in [7, 11) is -3.97. The average molecular weight is 488 g/mol. The van der Waals surface area contributed by atoms with Crippen LogP contribution in [0.15, 0.2) is 57.8 Å². The van der Waals surface area contributed by atoms with Crippen LogP contribution in [0.3, 0.4) is 0 Å². The number of rotatable bonds is 4. The molecule has 0 amide bonds. The first kappa shape index (κ1) is 20.8. The van der Waals surface area contributed by atoms with Gasteiger partial charge in [0, 0.05) is 5.69 Å². The molecular formula is C21H15ClFN5O2S2. The monoisotopic (exact) mass is 487 g/mol. The number of thiophene rings is 1. The van der Waals surface area contributed by atoms with E-state index in [1.54, 1.807) is 24.3 Å². The molecule has 11 heteroatoms. The van der Waals surface area contributed by atoms with E-state index in [1.165, 1.54) is 34.1 Å². The Bertz CT molecular complexity index is 1630. The van der Waals surface area contributed by atoms with E-state index in [0.29, 0.717) is 17.0 Å². The summed E-state index contributed by atoms with van der Waals surface area (Å²) in [4.78, 5) is 4.66. The summed E-state index contributed by atoms with van der Waals surface area (Å²) in [6, 6.07) is 10.9. The van der Waals surface area contributed by atoms with Crippen molar-refractivity contribution >= 4 is 60.1 Å². The fourth-order valence-corrected chi connectivity index (χ4v) is 5.60. The Morgan fingerprint density at radius 1 is 1.09 bits per heavy atom. The Balaban J connectivity index is 1.70. The van der Waals surface area contributed by atoms with Crippen molar-refractivity contribution in [3.63, 3.8) is 0 Å². The molecule has 3 aromatic heterocycles. The van der Waals surface area contributed by atoms with E-state index in [-0.39, 0.29) is 20.6 Å². The molecule has 0 saturated heterocycles. The average Bonchev–Trinajstić information content (AvgIpc) is 3.40. The van der Waals surface area contributed by atoms with Gasteiger partial charge in [-0.2, -0.15) is 4.52 Å². The molecule has 2 aromatic carbocycles. The SMILES string of the molecule is Cc1ccc(S(=O)(=O)c2nnn3c2nc(Nc2ccc(F)c(Cl)c2)c2sccc23)cc1C. The first-order valence-electron chi connectivity index (χ1n) is 9.43. The van der Waals surface area contributed by atoms with Crippen molar-refractivity contribution in [2.75, 3.05) is 5.32 Å². The lowest BCUT2D eigenvalue weighted by atomic mass is 10.1. The van der Waals surface area contributed by atoms with E-state index < -0.39 is 15.7 Å². The number of aromatic nitrogens is 4. The Kier molecular flexibility index (Phi) is 4.88. The van der Waals surface area contributed by atoms with Crippen LogP contribution in [0.4, 0.5) is 15.9 Å². The number of benzene rings is 2. The van der Waals surface area contributed by atoms with Gasteiger partial charge in [0.15, 0.2) is 11.5 Å². The standard InChI is InChI=1S/C21H15ClFN5O2S2/c1-11-3-5-14(9-12(11)2)32(29,30)21-20-25-19(24-13-4-6-16(23)15(22)10-13)18-17(7-8-31-18)28(20)27-26-21/h3-10H,1-2H3,(H,24,25). The molecule has 1 N–H and O–H groups in total. The number of hydrogen-bond acceptors (Lipinski definition) is 7. The quantitative estimate of drug-likeness (QED) is 0.369. The van der Waals surface area contributed by atoms with Crippen LogP contribution in [-0.2, 0) is 9.84 Å². The van der Waals surface area contributed by atoms with Gasteiger partial charge in [0.25, 0.3) is 0 Å². The highest BCUT2D eigenvalue weighted by Gasteiger charge is 2.27. The number of halogens is 2. The van der Waals surface area contributed by atoms with Crippen LogP contribution in [0.5, 0.6) is 0 Å². The molecule has 5 aromatic rings. The van der Waals surface area contributed by atoms with Gasteiger partial charge in [0.2, 0.25) is 14.9 Å². The largest absolute Gasteiger partial charge is 0.339 e. The van der Waals surface area contributed by atoms with Gasteiger partial charge in [0.05, 0.1) is 20.1 Å². The highest BCUT2D eigenvalue weighted by Crippen LogP contribution is 2.33. The predicted molar refractivity (Wildman–Crippen MR) is 122 cm³/mol. The maximum absolute atomic E-state index is 13.5. The summed E-state index contributed by atoms with van der Waals surface area (Å²) in [5.41, 5.74) is 3.08. The Labute approximate surface area is 191 Å². The Hall–Kier alpha value is -3.08. The van der Waals surface area contributed by atoms with E-state index in [2.05, 4.69) is 20.6 Å². The first-order valence-corrected chi connectivity index (χ1v) is 12.2. The van der Waals surface area contributed by atoms with Crippen molar-refractivity contribution in [3.8, 4) is 0 Å². The van der Waals surface area contributed by atoms with Gasteiger partial charge >= 0.3 is 0 Å². The summed E-state index contributed by atoms with van der Waals surface area (Å²) >= 11 is 7.30. The molecule has 32 heavy (non-hydrogen) atoms. The van der Waals surface area contributed by atoms with Crippen LogP contribution < -0.4 is 5.32 Å². The van der Waals surface area contributed by atoms with Gasteiger partial charge in [-0.05, 0) is 66.8 Å². The van der Waals surface area contributed by atoms with Gasteiger partial charge in [-0.1, -0.05) is 22.9 Å². The maximum atomic E-state index is 13.5. The van der Waals surface area contributed by atoms with E-state index in [9.17, 15) is 12.8 Å². The van der Waals surface area contributed by atoms with E-state index >= 15 is 0 Å². The second-order valence-corrected chi connectivity index (χ2v) is 10.4. The zero-order valence-corrected chi connectivity index (χ0v) is 19.2. The van der Waals surface area contributed by atoms with Crippen molar-refractivity contribution in [3.05, 3.63) is 69.8 Å². The normalized spacial score (nSPS) is 12.0. The molecule has 0 radical (unpaired) electrons. The molecule has 0 aliphatic rings. The minimum absolute atomic E-state index is 0.0393. The van der Waals surface area contributed by atoms with Crippen LogP contribution in [0.2, 0.25) is 5.02 Å². The summed E-state index contributed by atoms with van der Waals surface area (Å²) in [6.45, 7) is 3.76. The molecule has 0 spiro atoms. The summed E-state index contributed by atoms with van der Waals surface area (Å²) in [6.07, 6.45) is 0. The lowest BCUT2D eigenvalue weighted by Gasteiger charge is -2.09. The molecule has 0 unspecified atom stereocenters.